The van der Waals surface area contributed by atoms with Crippen molar-refractivity contribution in [1.29, 1.82) is 0 Å². The lowest BCUT2D eigenvalue weighted by Crippen LogP contribution is -2.24. The summed E-state index contributed by atoms with van der Waals surface area (Å²) in [5, 5.41) is 15.2. The zero-order valence-corrected chi connectivity index (χ0v) is 13.5. The smallest absolute Gasteiger partial charge is 0.325 e. The van der Waals surface area contributed by atoms with Crippen LogP contribution in [0.1, 0.15) is 5.56 Å². The zero-order chi connectivity index (χ0) is 16.9. The molecule has 0 saturated carbocycles. The van der Waals surface area contributed by atoms with E-state index in [1.165, 1.54) is 0 Å². The minimum Gasteiger partial charge on any atom is -0.493 e. The lowest BCUT2D eigenvalue weighted by atomic mass is 10.2. The van der Waals surface area contributed by atoms with Crippen LogP contribution in [0.5, 0.6) is 17.2 Å². The molecule has 0 radical (unpaired) electrons. The summed E-state index contributed by atoms with van der Waals surface area (Å²) in [7, 11) is 4.69. The van der Waals surface area contributed by atoms with Crippen molar-refractivity contribution in [3.8, 4) is 17.2 Å². The van der Waals surface area contributed by atoms with Crippen molar-refractivity contribution in [1.82, 2.24) is 15.3 Å². The molecular weight excluding hydrogens is 312 g/mol. The number of hydrogen-bond donors (Lipinski definition) is 2. The van der Waals surface area contributed by atoms with E-state index in [0.29, 0.717) is 28.7 Å². The fraction of sp³-hybridized carbons (Fsp3) is 0.200. The van der Waals surface area contributed by atoms with Gasteiger partial charge in [0.1, 0.15) is 0 Å². The monoisotopic (exact) mass is 329 g/mol. The quantitative estimate of drug-likeness (QED) is 0.398. The van der Waals surface area contributed by atoms with Crippen LogP contribution in [0.2, 0.25) is 0 Å². The van der Waals surface area contributed by atoms with E-state index in [1.807, 2.05) is 6.07 Å². The molecule has 2 aromatic heterocycles. The van der Waals surface area contributed by atoms with Gasteiger partial charge in [0.05, 0.1) is 27.5 Å². The maximum absolute atomic E-state index is 5.31. The first-order valence-electron chi connectivity index (χ1n) is 7.06. The average molecular weight is 329 g/mol. The van der Waals surface area contributed by atoms with Gasteiger partial charge in [-0.15, -0.1) is 9.61 Å². The molecule has 1 aromatic carbocycles. The van der Waals surface area contributed by atoms with E-state index >= 15 is 0 Å². The van der Waals surface area contributed by atoms with Crippen LogP contribution in [0.4, 0.5) is 5.82 Å². The highest BCUT2D eigenvalue weighted by molar-refractivity contribution is 5.82. The molecule has 2 N–H and O–H groups in total. The number of benzene rings is 1. The zero-order valence-electron chi connectivity index (χ0n) is 13.5. The third-order valence-electron chi connectivity index (χ3n) is 3.28. The minimum absolute atomic E-state index is 0.536. The molecule has 3 rings (SSSR count). The number of ether oxygens (including phenoxy) is 3. The molecule has 0 bridgehead atoms. The Hall–Kier alpha value is -3.36. The van der Waals surface area contributed by atoms with Gasteiger partial charge in [0.25, 0.3) is 0 Å². The Kier molecular flexibility index (Phi) is 4.41. The lowest BCUT2D eigenvalue weighted by Gasteiger charge is -2.12. The van der Waals surface area contributed by atoms with E-state index in [1.54, 1.807) is 56.6 Å². The molecule has 0 spiro atoms. The summed E-state index contributed by atoms with van der Waals surface area (Å²) in [5.74, 6) is 2.24. The van der Waals surface area contributed by atoms with Gasteiger partial charge in [-0.25, -0.2) is 0 Å². The van der Waals surface area contributed by atoms with Crippen molar-refractivity contribution in [3.05, 3.63) is 36.2 Å². The molecule has 9 heteroatoms. The predicted molar refractivity (Wildman–Crippen MR) is 86.9 cm³/mol. The Morgan fingerprint density at radius 1 is 1.12 bits per heavy atom. The van der Waals surface area contributed by atoms with Crippen molar-refractivity contribution in [2.75, 3.05) is 26.8 Å². The van der Waals surface area contributed by atoms with Gasteiger partial charge in [-0.1, -0.05) is 5.10 Å². The van der Waals surface area contributed by atoms with Crippen LogP contribution in [-0.4, -0.2) is 42.8 Å². The number of nitrogens with one attached hydrogen (secondary N) is 2. The highest BCUT2D eigenvalue weighted by Gasteiger charge is 2.12. The first-order valence-corrected chi connectivity index (χ1v) is 7.06. The summed E-state index contributed by atoms with van der Waals surface area (Å²) < 4.78 is 17.5. The number of nitrogens with zero attached hydrogens (tertiary/aromatic N) is 4. The number of fused-ring (bicyclic) bond motifs is 1. The Labute approximate surface area is 137 Å². The predicted octanol–water partition coefficient (Wildman–Crippen LogP) is 1.02. The Bertz CT molecular complexity index is 852. The molecule has 3 aromatic rings. The Morgan fingerprint density at radius 2 is 1.88 bits per heavy atom. The number of hydrazone groups is 1. The van der Waals surface area contributed by atoms with E-state index < -0.39 is 0 Å². The van der Waals surface area contributed by atoms with E-state index in [4.69, 9.17) is 14.2 Å². The summed E-state index contributed by atoms with van der Waals surface area (Å²) in [6.07, 6.45) is 3.28. The molecule has 2 heterocycles. The molecule has 0 saturated heterocycles. The minimum atomic E-state index is 0.536. The molecular formula is C15H17N6O3+. The van der Waals surface area contributed by atoms with Crippen molar-refractivity contribution < 1.29 is 18.7 Å². The van der Waals surface area contributed by atoms with Crippen molar-refractivity contribution in [2.24, 2.45) is 5.10 Å². The highest BCUT2D eigenvalue weighted by atomic mass is 16.5. The van der Waals surface area contributed by atoms with Crippen LogP contribution in [0.25, 0.3) is 5.65 Å². The Morgan fingerprint density at radius 3 is 2.54 bits per heavy atom. The molecule has 0 unspecified atom stereocenters. The first-order chi connectivity index (χ1) is 11.7. The maximum atomic E-state index is 5.31. The van der Waals surface area contributed by atoms with Crippen LogP contribution in [-0.2, 0) is 0 Å². The second-order valence-electron chi connectivity index (χ2n) is 4.72. The molecule has 0 aliphatic rings. The standard InChI is InChI=1S/C15H16N6O3/c1-22-11-6-10(7-12(23-2)15(11)24-3)8-16-18-13-4-5-14-19-17-9-21(14)20-13/h4-9H,1-3H3,(H,18,20)/p+1. The summed E-state index contributed by atoms with van der Waals surface area (Å²) in [6.45, 7) is 0. The third-order valence-corrected chi connectivity index (χ3v) is 3.28. The highest BCUT2D eigenvalue weighted by Crippen LogP contribution is 2.37. The number of aromatic amines is 1. The fourth-order valence-electron chi connectivity index (χ4n) is 2.17. The van der Waals surface area contributed by atoms with Crippen molar-refractivity contribution in [3.63, 3.8) is 0 Å². The van der Waals surface area contributed by atoms with Crippen LogP contribution in [0, 0.1) is 0 Å². The second-order valence-corrected chi connectivity index (χ2v) is 4.72. The molecule has 124 valence electrons. The van der Waals surface area contributed by atoms with E-state index in [9.17, 15) is 0 Å². The molecule has 0 fully saturated rings. The van der Waals surface area contributed by atoms with E-state index in [2.05, 4.69) is 25.8 Å². The van der Waals surface area contributed by atoms with Crippen LogP contribution in [0.15, 0.2) is 35.7 Å². The normalized spacial score (nSPS) is 11.0. The number of H-pyrrole nitrogens is 1. The first kappa shape index (κ1) is 15.5. The van der Waals surface area contributed by atoms with Gasteiger partial charge in [-0.2, -0.15) is 5.10 Å². The topological polar surface area (TPSA) is 97.8 Å². The Balaban J connectivity index is 1.80. The molecule has 9 nitrogen and oxygen atoms in total. The number of rotatable bonds is 6. The third kappa shape index (κ3) is 3.05. The SMILES string of the molecule is COc1cc(C=NNc2ccc3n[nH]c[n+]3n2)cc(OC)c1OC. The molecule has 0 atom stereocenters. The summed E-state index contributed by atoms with van der Waals surface area (Å²) in [5.41, 5.74) is 4.36. The second kappa shape index (κ2) is 6.82. The summed E-state index contributed by atoms with van der Waals surface area (Å²) in [4.78, 5) is 0. The van der Waals surface area contributed by atoms with Gasteiger partial charge in [-0.05, 0) is 18.2 Å². The molecule has 0 aliphatic heterocycles. The average Bonchev–Trinajstić information content (AvgIpc) is 3.08. The van der Waals surface area contributed by atoms with Gasteiger partial charge in [0, 0.05) is 16.7 Å². The van der Waals surface area contributed by atoms with E-state index in [0.717, 1.165) is 5.56 Å². The van der Waals surface area contributed by atoms with Crippen molar-refractivity contribution in [2.45, 2.75) is 0 Å². The molecule has 0 amide bonds. The fourth-order valence-corrected chi connectivity index (χ4v) is 2.17. The van der Waals surface area contributed by atoms with Gasteiger partial charge < -0.3 is 14.2 Å². The maximum Gasteiger partial charge on any atom is 0.325 e. The van der Waals surface area contributed by atoms with Gasteiger partial charge in [-0.3, -0.25) is 5.43 Å². The number of aromatic nitrogens is 4. The van der Waals surface area contributed by atoms with Crippen LogP contribution >= 0.6 is 0 Å². The van der Waals surface area contributed by atoms with Crippen LogP contribution < -0.4 is 24.2 Å². The van der Waals surface area contributed by atoms with Crippen LogP contribution in [0.3, 0.4) is 0 Å². The summed E-state index contributed by atoms with van der Waals surface area (Å²) >= 11 is 0. The largest absolute Gasteiger partial charge is 0.493 e. The van der Waals surface area contributed by atoms with Crippen molar-refractivity contribution >= 4 is 17.7 Å². The van der Waals surface area contributed by atoms with E-state index in [-0.39, 0.29) is 0 Å². The molecule has 0 aliphatic carbocycles. The summed E-state index contributed by atoms with van der Waals surface area (Å²) in [6, 6.07) is 7.20. The van der Waals surface area contributed by atoms with Gasteiger partial charge in [0.2, 0.25) is 12.1 Å². The number of methoxy groups -OCH3 is 3. The lowest BCUT2D eigenvalue weighted by molar-refractivity contribution is -0.579. The van der Waals surface area contributed by atoms with Gasteiger partial charge in [0.15, 0.2) is 17.3 Å². The van der Waals surface area contributed by atoms with Gasteiger partial charge >= 0.3 is 5.65 Å². The molecule has 24 heavy (non-hydrogen) atoms. The number of anilines is 1. The number of hydrogen-bond acceptors (Lipinski definition) is 7.